The van der Waals surface area contributed by atoms with E-state index in [0.29, 0.717) is 17.3 Å². The molecule has 1 aliphatic rings. The van der Waals surface area contributed by atoms with E-state index in [1.807, 2.05) is 4.90 Å². The summed E-state index contributed by atoms with van der Waals surface area (Å²) in [6.45, 7) is 3.92. The number of anilines is 2. The summed E-state index contributed by atoms with van der Waals surface area (Å²) in [4.78, 5) is 2.04. The van der Waals surface area contributed by atoms with Crippen LogP contribution in [0.5, 0.6) is 0 Å². The first kappa shape index (κ1) is 14.8. The van der Waals surface area contributed by atoms with Crippen molar-refractivity contribution in [3.05, 3.63) is 24.0 Å². The second-order valence-corrected chi connectivity index (χ2v) is 5.13. The van der Waals surface area contributed by atoms with Gasteiger partial charge in [0, 0.05) is 19.2 Å². The van der Waals surface area contributed by atoms with Crippen molar-refractivity contribution in [3.8, 4) is 12.1 Å². The predicted molar refractivity (Wildman–Crippen MR) is 79.3 cm³/mol. The predicted octanol–water partition coefficient (Wildman–Crippen LogP) is 2.88. The van der Waals surface area contributed by atoms with Crippen molar-refractivity contribution in [1.29, 1.82) is 10.5 Å². The third kappa shape index (κ3) is 3.70. The number of piperidine rings is 1. The molecular formula is C15H16FN5. The molecule has 1 N–H and O–H groups in total. The van der Waals surface area contributed by atoms with Crippen LogP contribution in [0.25, 0.3) is 0 Å². The van der Waals surface area contributed by atoms with Crippen LogP contribution in [-0.4, -0.2) is 18.8 Å². The molecule has 2 rings (SSSR count). The molecule has 0 spiro atoms. The van der Waals surface area contributed by atoms with Gasteiger partial charge in [-0.2, -0.15) is 15.6 Å². The van der Waals surface area contributed by atoms with E-state index in [0.717, 1.165) is 25.9 Å². The van der Waals surface area contributed by atoms with Gasteiger partial charge >= 0.3 is 0 Å². The maximum atomic E-state index is 14.2. The van der Waals surface area contributed by atoms with Crippen molar-refractivity contribution in [2.45, 2.75) is 19.8 Å². The van der Waals surface area contributed by atoms with Crippen LogP contribution in [0.4, 0.5) is 15.8 Å². The van der Waals surface area contributed by atoms with Crippen LogP contribution in [0.1, 0.15) is 19.8 Å². The molecule has 21 heavy (non-hydrogen) atoms. The van der Waals surface area contributed by atoms with Crippen LogP contribution < -0.4 is 10.3 Å². The van der Waals surface area contributed by atoms with Gasteiger partial charge in [0.2, 0.25) is 5.71 Å². The smallest absolute Gasteiger partial charge is 0.237 e. The Labute approximate surface area is 123 Å². The van der Waals surface area contributed by atoms with Gasteiger partial charge in [-0.1, -0.05) is 6.92 Å². The van der Waals surface area contributed by atoms with Gasteiger partial charge in [0.05, 0.1) is 11.4 Å². The van der Waals surface area contributed by atoms with E-state index in [1.54, 1.807) is 24.3 Å². The van der Waals surface area contributed by atoms with Crippen LogP contribution in [0.15, 0.2) is 23.3 Å². The highest BCUT2D eigenvalue weighted by molar-refractivity contribution is 6.10. The Kier molecular flexibility index (Phi) is 4.73. The van der Waals surface area contributed by atoms with E-state index in [2.05, 4.69) is 17.5 Å². The minimum Gasteiger partial charge on any atom is -0.369 e. The summed E-state index contributed by atoms with van der Waals surface area (Å²) >= 11 is 0. The Morgan fingerprint density at radius 1 is 1.33 bits per heavy atom. The first-order valence-corrected chi connectivity index (χ1v) is 6.82. The molecule has 0 atom stereocenters. The van der Waals surface area contributed by atoms with E-state index in [9.17, 15) is 4.39 Å². The van der Waals surface area contributed by atoms with Gasteiger partial charge in [-0.15, -0.1) is 0 Å². The molecule has 1 aliphatic heterocycles. The average Bonchev–Trinajstić information content (AvgIpc) is 2.49. The van der Waals surface area contributed by atoms with E-state index < -0.39 is 0 Å². The van der Waals surface area contributed by atoms with Gasteiger partial charge in [0.15, 0.2) is 0 Å². The van der Waals surface area contributed by atoms with Crippen LogP contribution in [0.3, 0.4) is 0 Å². The molecule has 108 valence electrons. The molecule has 1 saturated heterocycles. The molecule has 0 unspecified atom stereocenters. The fraction of sp³-hybridized carbons (Fsp3) is 0.400. The standard InChI is InChI=1S/C15H16FN5/c1-11-4-6-21(7-5-11)15-3-2-12(8-14(15)16)19-20-13(9-17)10-18/h2-3,8,11,19H,4-7H2,1H3. The van der Waals surface area contributed by atoms with Crippen molar-refractivity contribution >= 4 is 17.1 Å². The summed E-state index contributed by atoms with van der Waals surface area (Å²) in [5.41, 5.74) is 3.20. The van der Waals surface area contributed by atoms with Gasteiger partial charge < -0.3 is 4.90 Å². The minimum absolute atomic E-state index is 0.301. The first-order chi connectivity index (χ1) is 10.1. The number of nitrogens with one attached hydrogen (secondary N) is 1. The highest BCUT2D eigenvalue weighted by atomic mass is 19.1. The lowest BCUT2D eigenvalue weighted by Gasteiger charge is -2.32. The normalized spacial score (nSPS) is 15.0. The Morgan fingerprint density at radius 3 is 2.57 bits per heavy atom. The molecular weight excluding hydrogens is 269 g/mol. The van der Waals surface area contributed by atoms with Crippen LogP contribution >= 0.6 is 0 Å². The molecule has 0 aromatic heterocycles. The molecule has 0 aliphatic carbocycles. The molecule has 1 fully saturated rings. The van der Waals surface area contributed by atoms with Gasteiger partial charge in [-0.3, -0.25) is 5.43 Å². The maximum Gasteiger partial charge on any atom is 0.237 e. The van der Waals surface area contributed by atoms with E-state index >= 15 is 0 Å². The summed E-state index contributed by atoms with van der Waals surface area (Å²) in [5.74, 6) is 0.357. The molecule has 5 nitrogen and oxygen atoms in total. The van der Waals surface area contributed by atoms with Crippen molar-refractivity contribution in [1.82, 2.24) is 0 Å². The van der Waals surface area contributed by atoms with Gasteiger partial charge in [-0.05, 0) is 30.9 Å². The third-order valence-electron chi connectivity index (χ3n) is 3.58. The number of rotatable bonds is 3. The molecule has 0 radical (unpaired) electrons. The van der Waals surface area contributed by atoms with Crippen molar-refractivity contribution < 1.29 is 4.39 Å². The second-order valence-electron chi connectivity index (χ2n) is 5.13. The molecule has 1 aromatic rings. The van der Waals surface area contributed by atoms with Crippen LogP contribution in [0.2, 0.25) is 0 Å². The summed E-state index contributed by atoms with van der Waals surface area (Å²) in [5, 5.41) is 20.7. The van der Waals surface area contributed by atoms with E-state index in [1.165, 1.54) is 6.07 Å². The monoisotopic (exact) mass is 285 g/mol. The highest BCUT2D eigenvalue weighted by Crippen LogP contribution is 2.27. The molecule has 1 aromatic carbocycles. The summed E-state index contributed by atoms with van der Waals surface area (Å²) < 4.78 is 14.2. The molecule has 0 saturated carbocycles. The lowest BCUT2D eigenvalue weighted by Crippen LogP contribution is -2.33. The lowest BCUT2D eigenvalue weighted by molar-refractivity contribution is 0.434. The van der Waals surface area contributed by atoms with Gasteiger partial charge in [-0.25, -0.2) is 4.39 Å². The molecule has 0 amide bonds. The zero-order valence-electron chi connectivity index (χ0n) is 11.8. The highest BCUT2D eigenvalue weighted by Gasteiger charge is 2.18. The van der Waals surface area contributed by atoms with Crippen molar-refractivity contribution in [3.63, 3.8) is 0 Å². The van der Waals surface area contributed by atoms with Crippen molar-refractivity contribution in [2.75, 3.05) is 23.4 Å². The molecule has 6 heteroatoms. The van der Waals surface area contributed by atoms with Crippen LogP contribution in [-0.2, 0) is 0 Å². The van der Waals surface area contributed by atoms with E-state index in [4.69, 9.17) is 10.5 Å². The number of hydrazone groups is 1. The molecule has 0 bridgehead atoms. The van der Waals surface area contributed by atoms with E-state index in [-0.39, 0.29) is 11.5 Å². The number of benzene rings is 1. The quantitative estimate of drug-likeness (QED) is 0.684. The average molecular weight is 285 g/mol. The fourth-order valence-corrected chi connectivity index (χ4v) is 2.28. The lowest BCUT2D eigenvalue weighted by atomic mass is 9.99. The number of hydrogen-bond donors (Lipinski definition) is 1. The van der Waals surface area contributed by atoms with Crippen molar-refractivity contribution in [2.24, 2.45) is 11.0 Å². The Hall–Kier alpha value is -2.60. The Morgan fingerprint density at radius 2 is 2.00 bits per heavy atom. The fourth-order valence-electron chi connectivity index (χ4n) is 2.28. The SMILES string of the molecule is CC1CCN(c2ccc(NN=C(C#N)C#N)cc2F)CC1. The summed E-state index contributed by atoms with van der Waals surface area (Å²) in [7, 11) is 0. The zero-order valence-corrected chi connectivity index (χ0v) is 11.8. The number of nitriles is 2. The summed E-state index contributed by atoms with van der Waals surface area (Å²) in [6, 6.07) is 7.96. The number of halogens is 1. The molecule has 1 heterocycles. The largest absolute Gasteiger partial charge is 0.369 e. The second kappa shape index (κ2) is 6.71. The zero-order chi connectivity index (χ0) is 15.2. The van der Waals surface area contributed by atoms with Gasteiger partial charge in [0.25, 0.3) is 0 Å². The minimum atomic E-state index is -0.333. The summed E-state index contributed by atoms with van der Waals surface area (Å²) in [6.07, 6.45) is 2.13. The Balaban J connectivity index is 2.10. The maximum absolute atomic E-state index is 14.2. The number of nitrogens with zero attached hydrogens (tertiary/aromatic N) is 4. The van der Waals surface area contributed by atoms with Crippen LogP contribution in [0, 0.1) is 34.4 Å². The number of hydrogen-bond acceptors (Lipinski definition) is 5. The third-order valence-corrected chi connectivity index (χ3v) is 3.58. The topological polar surface area (TPSA) is 75.2 Å². The van der Waals surface area contributed by atoms with Gasteiger partial charge in [0.1, 0.15) is 18.0 Å². The first-order valence-electron chi connectivity index (χ1n) is 6.82. The Bertz CT molecular complexity index is 602.